The highest BCUT2D eigenvalue weighted by atomic mass is 32.2. The summed E-state index contributed by atoms with van der Waals surface area (Å²) in [4.78, 5) is -0.545. The molecular formula is C14H17F2N3O2S. The van der Waals surface area contributed by atoms with Crippen molar-refractivity contribution in [3.8, 4) is 0 Å². The number of rotatable bonds is 5. The molecule has 0 spiro atoms. The van der Waals surface area contributed by atoms with Crippen molar-refractivity contribution in [1.29, 1.82) is 0 Å². The van der Waals surface area contributed by atoms with Crippen LogP contribution in [0.5, 0.6) is 0 Å². The van der Waals surface area contributed by atoms with E-state index in [2.05, 4.69) is 5.10 Å². The van der Waals surface area contributed by atoms with Crippen LogP contribution in [0.25, 0.3) is 0 Å². The van der Waals surface area contributed by atoms with Crippen molar-refractivity contribution in [2.75, 3.05) is 7.05 Å². The Bertz CT molecular complexity index is 787. The molecule has 2 rings (SSSR count). The van der Waals surface area contributed by atoms with Gasteiger partial charge in [0.1, 0.15) is 16.5 Å². The van der Waals surface area contributed by atoms with Crippen LogP contribution in [0.2, 0.25) is 0 Å². The Hall–Kier alpha value is -1.80. The lowest BCUT2D eigenvalue weighted by molar-refractivity contribution is 0.458. The molecule has 1 aromatic heterocycles. The van der Waals surface area contributed by atoms with Gasteiger partial charge in [0.2, 0.25) is 10.0 Å². The number of benzene rings is 1. The summed E-state index contributed by atoms with van der Waals surface area (Å²) in [5.74, 6) is -1.92. The number of hydrogen-bond donors (Lipinski definition) is 0. The fourth-order valence-electron chi connectivity index (χ4n) is 2.05. The summed E-state index contributed by atoms with van der Waals surface area (Å²) >= 11 is 0. The first-order valence-corrected chi connectivity index (χ1v) is 8.14. The van der Waals surface area contributed by atoms with Crippen LogP contribution < -0.4 is 0 Å². The molecule has 0 aliphatic carbocycles. The number of aryl methyl sites for hydroxylation is 2. The van der Waals surface area contributed by atoms with E-state index in [0.717, 1.165) is 22.0 Å². The minimum Gasteiger partial charge on any atom is -0.272 e. The minimum atomic E-state index is -4.04. The Labute approximate surface area is 128 Å². The van der Waals surface area contributed by atoms with Crippen LogP contribution in [-0.4, -0.2) is 29.6 Å². The summed E-state index contributed by atoms with van der Waals surface area (Å²) in [6, 6.07) is 2.41. The summed E-state index contributed by atoms with van der Waals surface area (Å²) < 4.78 is 54.1. The normalized spacial score (nSPS) is 12.1. The maximum Gasteiger partial charge on any atom is 0.246 e. The van der Waals surface area contributed by atoms with Gasteiger partial charge in [-0.15, -0.1) is 0 Å². The molecular weight excluding hydrogens is 312 g/mol. The van der Waals surface area contributed by atoms with Gasteiger partial charge in [0.05, 0.1) is 5.69 Å². The first kappa shape index (κ1) is 16.6. The number of sulfonamides is 1. The zero-order chi connectivity index (χ0) is 16.5. The van der Waals surface area contributed by atoms with E-state index in [-0.39, 0.29) is 6.54 Å². The monoisotopic (exact) mass is 329 g/mol. The number of halogens is 2. The van der Waals surface area contributed by atoms with Crippen LogP contribution in [0.3, 0.4) is 0 Å². The SMILES string of the molecule is CCn1cc(CN(C)S(=O)(=O)c2ccc(F)cc2F)c(C)n1. The molecule has 120 valence electrons. The van der Waals surface area contributed by atoms with Gasteiger partial charge in [0, 0.05) is 38.0 Å². The Morgan fingerprint density at radius 3 is 2.55 bits per heavy atom. The highest BCUT2D eigenvalue weighted by Gasteiger charge is 2.25. The molecule has 0 fully saturated rings. The van der Waals surface area contributed by atoms with Gasteiger partial charge in [-0.2, -0.15) is 9.40 Å². The Morgan fingerprint density at radius 1 is 1.32 bits per heavy atom. The maximum atomic E-state index is 13.7. The topological polar surface area (TPSA) is 55.2 Å². The zero-order valence-corrected chi connectivity index (χ0v) is 13.4. The van der Waals surface area contributed by atoms with Crippen molar-refractivity contribution in [2.24, 2.45) is 0 Å². The average Bonchev–Trinajstić information content (AvgIpc) is 2.79. The number of aromatic nitrogens is 2. The van der Waals surface area contributed by atoms with Crippen molar-refractivity contribution >= 4 is 10.0 Å². The molecule has 0 N–H and O–H groups in total. The van der Waals surface area contributed by atoms with E-state index in [0.29, 0.717) is 18.3 Å². The van der Waals surface area contributed by atoms with E-state index in [1.807, 2.05) is 6.92 Å². The average molecular weight is 329 g/mol. The molecule has 0 radical (unpaired) electrons. The van der Waals surface area contributed by atoms with Crippen LogP contribution in [0.1, 0.15) is 18.2 Å². The first-order chi connectivity index (χ1) is 10.3. The Balaban J connectivity index is 2.30. The molecule has 0 unspecified atom stereocenters. The van der Waals surface area contributed by atoms with Crippen LogP contribution in [0.15, 0.2) is 29.3 Å². The highest BCUT2D eigenvalue weighted by molar-refractivity contribution is 7.89. The van der Waals surface area contributed by atoms with Crippen LogP contribution in [-0.2, 0) is 23.1 Å². The van der Waals surface area contributed by atoms with Crippen molar-refractivity contribution in [1.82, 2.24) is 14.1 Å². The van der Waals surface area contributed by atoms with Gasteiger partial charge in [0.25, 0.3) is 0 Å². The molecule has 0 bridgehead atoms. The third-order valence-corrected chi connectivity index (χ3v) is 5.18. The van der Waals surface area contributed by atoms with Crippen molar-refractivity contribution in [3.05, 3.63) is 47.3 Å². The van der Waals surface area contributed by atoms with Gasteiger partial charge in [-0.05, 0) is 26.0 Å². The molecule has 0 amide bonds. The molecule has 0 aliphatic rings. The fraction of sp³-hybridized carbons (Fsp3) is 0.357. The van der Waals surface area contributed by atoms with E-state index in [1.165, 1.54) is 7.05 Å². The Morgan fingerprint density at radius 2 is 2.00 bits per heavy atom. The Kier molecular flexibility index (Phi) is 4.62. The molecule has 0 saturated heterocycles. The quantitative estimate of drug-likeness (QED) is 0.846. The molecule has 5 nitrogen and oxygen atoms in total. The number of nitrogens with zero attached hydrogens (tertiary/aromatic N) is 3. The third kappa shape index (κ3) is 3.17. The largest absolute Gasteiger partial charge is 0.272 e. The van der Waals surface area contributed by atoms with Crippen molar-refractivity contribution in [2.45, 2.75) is 31.8 Å². The van der Waals surface area contributed by atoms with Gasteiger partial charge in [-0.25, -0.2) is 17.2 Å². The lowest BCUT2D eigenvalue weighted by Crippen LogP contribution is -2.27. The lowest BCUT2D eigenvalue weighted by atomic mass is 10.3. The summed E-state index contributed by atoms with van der Waals surface area (Å²) in [7, 11) is -2.70. The maximum absolute atomic E-state index is 13.7. The van der Waals surface area contributed by atoms with Gasteiger partial charge in [0.15, 0.2) is 0 Å². The summed E-state index contributed by atoms with van der Waals surface area (Å²) in [5, 5.41) is 4.24. The van der Waals surface area contributed by atoms with Gasteiger partial charge < -0.3 is 0 Å². The van der Waals surface area contributed by atoms with Crippen molar-refractivity contribution < 1.29 is 17.2 Å². The van der Waals surface area contributed by atoms with E-state index >= 15 is 0 Å². The summed E-state index contributed by atoms with van der Waals surface area (Å²) in [6.45, 7) is 4.43. The predicted octanol–water partition coefficient (Wildman–Crippen LogP) is 2.31. The zero-order valence-electron chi connectivity index (χ0n) is 12.5. The molecule has 2 aromatic rings. The van der Waals surface area contributed by atoms with Gasteiger partial charge in [-0.3, -0.25) is 4.68 Å². The molecule has 8 heteroatoms. The van der Waals surface area contributed by atoms with E-state index < -0.39 is 26.6 Å². The lowest BCUT2D eigenvalue weighted by Gasteiger charge is -2.17. The molecule has 22 heavy (non-hydrogen) atoms. The van der Waals surface area contributed by atoms with Crippen molar-refractivity contribution in [3.63, 3.8) is 0 Å². The van der Waals surface area contributed by atoms with Gasteiger partial charge >= 0.3 is 0 Å². The standard InChI is InChI=1S/C14H17F2N3O2S/c1-4-19-9-11(10(2)17-19)8-18(3)22(20,21)14-6-5-12(15)7-13(14)16/h5-7,9H,4,8H2,1-3H3. The van der Waals surface area contributed by atoms with Crippen LogP contribution in [0.4, 0.5) is 8.78 Å². The van der Waals surface area contributed by atoms with Crippen LogP contribution >= 0.6 is 0 Å². The molecule has 0 saturated carbocycles. The second kappa shape index (κ2) is 6.13. The summed E-state index contributed by atoms with van der Waals surface area (Å²) in [6.07, 6.45) is 1.75. The second-order valence-corrected chi connectivity index (χ2v) is 6.94. The molecule has 0 aliphatic heterocycles. The van der Waals surface area contributed by atoms with Crippen LogP contribution in [0, 0.1) is 18.6 Å². The highest BCUT2D eigenvalue weighted by Crippen LogP contribution is 2.21. The minimum absolute atomic E-state index is 0.0605. The molecule has 1 aromatic carbocycles. The second-order valence-electron chi connectivity index (χ2n) is 4.93. The summed E-state index contributed by atoms with van der Waals surface area (Å²) in [5.41, 5.74) is 1.44. The van der Waals surface area contributed by atoms with E-state index in [1.54, 1.807) is 17.8 Å². The predicted molar refractivity (Wildman–Crippen MR) is 77.6 cm³/mol. The smallest absolute Gasteiger partial charge is 0.246 e. The van der Waals surface area contributed by atoms with E-state index in [4.69, 9.17) is 0 Å². The molecule has 0 atom stereocenters. The van der Waals surface area contributed by atoms with E-state index in [9.17, 15) is 17.2 Å². The molecule has 1 heterocycles. The fourth-order valence-corrected chi connectivity index (χ4v) is 3.24. The van der Waals surface area contributed by atoms with Gasteiger partial charge in [-0.1, -0.05) is 0 Å². The first-order valence-electron chi connectivity index (χ1n) is 6.70. The third-order valence-electron chi connectivity index (χ3n) is 3.35. The number of hydrogen-bond acceptors (Lipinski definition) is 3.